The Kier molecular flexibility index (Phi) is 7.02. The van der Waals surface area contributed by atoms with Gasteiger partial charge in [0.15, 0.2) is 5.13 Å². The third kappa shape index (κ3) is 5.53. The molecule has 0 bridgehead atoms. The van der Waals surface area contributed by atoms with Gasteiger partial charge in [0.1, 0.15) is 0 Å². The molecule has 0 radical (unpaired) electrons. The van der Waals surface area contributed by atoms with Gasteiger partial charge in [-0.25, -0.2) is 22.9 Å². The number of nitrogens with zero attached hydrogens (tertiary/aromatic N) is 2. The van der Waals surface area contributed by atoms with Gasteiger partial charge in [-0.3, -0.25) is 9.69 Å². The average molecular weight is 454 g/mol. The van der Waals surface area contributed by atoms with Crippen LogP contribution in [0.4, 0.5) is 15.6 Å². The van der Waals surface area contributed by atoms with Crippen LogP contribution in [0.25, 0.3) is 0 Å². The van der Waals surface area contributed by atoms with E-state index < -0.39 is 10.0 Å². The minimum atomic E-state index is -3.67. The molecular formula is C18H23N5O5S2. The fourth-order valence-corrected chi connectivity index (χ4v) is 4.94. The zero-order valence-electron chi connectivity index (χ0n) is 16.5. The van der Waals surface area contributed by atoms with Gasteiger partial charge in [0.2, 0.25) is 15.9 Å². The van der Waals surface area contributed by atoms with Crippen LogP contribution in [0.5, 0.6) is 0 Å². The molecule has 2 heterocycles. The number of hydrogen-bond donors (Lipinski definition) is 3. The van der Waals surface area contributed by atoms with Crippen LogP contribution in [0.15, 0.2) is 34.5 Å². The van der Waals surface area contributed by atoms with Gasteiger partial charge in [0.05, 0.1) is 23.6 Å². The average Bonchev–Trinajstić information content (AvgIpc) is 3.30. The van der Waals surface area contributed by atoms with Crippen LogP contribution in [-0.2, 0) is 26.0 Å². The number of hydrogen-bond acceptors (Lipinski definition) is 7. The van der Waals surface area contributed by atoms with E-state index in [2.05, 4.69) is 20.3 Å². The van der Waals surface area contributed by atoms with Gasteiger partial charge in [-0.2, -0.15) is 0 Å². The zero-order chi connectivity index (χ0) is 21.7. The maximum absolute atomic E-state index is 12.3. The fraction of sp³-hybridized carbons (Fsp3) is 0.389. The number of anilines is 2. The topological polar surface area (TPSA) is 130 Å². The molecule has 1 aliphatic heterocycles. The van der Waals surface area contributed by atoms with Crippen LogP contribution < -0.4 is 20.3 Å². The van der Waals surface area contributed by atoms with Gasteiger partial charge in [0, 0.05) is 37.3 Å². The Labute approximate surface area is 178 Å². The summed E-state index contributed by atoms with van der Waals surface area (Å²) in [5, 5.41) is 7.71. The van der Waals surface area contributed by atoms with E-state index in [0.717, 1.165) is 0 Å². The number of thiazole rings is 1. The normalized spacial score (nSPS) is 15.1. The van der Waals surface area contributed by atoms with Gasteiger partial charge in [-0.15, -0.1) is 11.3 Å². The molecule has 3 rings (SSSR count). The summed E-state index contributed by atoms with van der Waals surface area (Å²) >= 11 is 1.30. The number of amides is 3. The number of carbonyl (C=O) groups is 2. The van der Waals surface area contributed by atoms with Crippen LogP contribution in [-0.4, -0.2) is 58.2 Å². The number of urea groups is 1. The molecule has 1 atom stereocenters. The van der Waals surface area contributed by atoms with Crippen LogP contribution in [0.1, 0.15) is 12.6 Å². The van der Waals surface area contributed by atoms with Crippen LogP contribution in [0.3, 0.4) is 0 Å². The van der Waals surface area contributed by atoms with Gasteiger partial charge < -0.3 is 15.4 Å². The number of methoxy groups -OCH3 is 1. The molecule has 0 saturated carbocycles. The molecule has 1 fully saturated rings. The second-order valence-electron chi connectivity index (χ2n) is 6.73. The maximum Gasteiger partial charge on any atom is 0.323 e. The first-order chi connectivity index (χ1) is 14.3. The summed E-state index contributed by atoms with van der Waals surface area (Å²) in [6, 6.07) is 5.33. The molecule has 30 heavy (non-hydrogen) atoms. The Bertz CT molecular complexity index is 1010. The number of aromatic nitrogens is 1. The van der Waals surface area contributed by atoms with E-state index in [1.807, 2.05) is 0 Å². The SMILES string of the molecule is COCC(C)NS(=O)(=O)c1ccc(NC(=O)Cc2csc(N3CCNC3=O)n2)cc1. The number of nitrogens with one attached hydrogen (secondary N) is 3. The first kappa shape index (κ1) is 22.2. The molecule has 162 valence electrons. The van der Waals surface area contributed by atoms with Crippen molar-refractivity contribution < 1.29 is 22.7 Å². The Morgan fingerprint density at radius 1 is 1.37 bits per heavy atom. The third-order valence-electron chi connectivity index (χ3n) is 4.19. The van der Waals surface area contributed by atoms with E-state index in [-0.39, 0.29) is 35.9 Å². The lowest BCUT2D eigenvalue weighted by Gasteiger charge is -2.13. The highest BCUT2D eigenvalue weighted by Crippen LogP contribution is 2.22. The predicted molar refractivity (Wildman–Crippen MR) is 113 cm³/mol. The van der Waals surface area contributed by atoms with Crippen molar-refractivity contribution in [3.05, 3.63) is 35.3 Å². The number of sulfonamides is 1. The summed E-state index contributed by atoms with van der Waals surface area (Å²) in [5.74, 6) is -0.292. The Morgan fingerprint density at radius 3 is 2.73 bits per heavy atom. The Morgan fingerprint density at radius 2 is 2.10 bits per heavy atom. The molecule has 12 heteroatoms. The third-order valence-corrected chi connectivity index (χ3v) is 6.71. The van der Waals surface area contributed by atoms with Crippen LogP contribution >= 0.6 is 11.3 Å². The lowest BCUT2D eigenvalue weighted by molar-refractivity contribution is -0.115. The van der Waals surface area contributed by atoms with E-state index in [0.29, 0.717) is 29.6 Å². The van der Waals surface area contributed by atoms with E-state index >= 15 is 0 Å². The number of benzene rings is 1. The summed E-state index contributed by atoms with van der Waals surface area (Å²) in [4.78, 5) is 29.9. The monoisotopic (exact) mass is 453 g/mol. The molecule has 1 saturated heterocycles. The first-order valence-corrected chi connectivity index (χ1v) is 11.6. The van der Waals surface area contributed by atoms with Crippen molar-refractivity contribution in [3.8, 4) is 0 Å². The Hall–Kier alpha value is -2.54. The summed E-state index contributed by atoms with van der Waals surface area (Å²) in [5.41, 5.74) is 1.03. The zero-order valence-corrected chi connectivity index (χ0v) is 18.2. The lowest BCUT2D eigenvalue weighted by atomic mass is 10.3. The second kappa shape index (κ2) is 9.51. The highest BCUT2D eigenvalue weighted by Gasteiger charge is 2.24. The molecule has 0 aliphatic carbocycles. The fourth-order valence-electron chi connectivity index (χ4n) is 2.86. The molecule has 1 aromatic heterocycles. The predicted octanol–water partition coefficient (Wildman–Crippen LogP) is 1.17. The standard InChI is InChI=1S/C18H23N5O5S2/c1-12(10-28-2)22-30(26,27)15-5-3-13(4-6-15)20-16(24)9-14-11-29-18(21-14)23-8-7-19-17(23)25/h3-6,11-12,22H,7-10H2,1-2H3,(H,19,25)(H,20,24). The van der Waals surface area contributed by atoms with Gasteiger partial charge in [-0.1, -0.05) is 0 Å². The van der Waals surface area contributed by atoms with Gasteiger partial charge in [0.25, 0.3) is 0 Å². The first-order valence-electron chi connectivity index (χ1n) is 9.19. The van der Waals surface area contributed by atoms with E-state index in [1.165, 1.54) is 47.6 Å². The molecular weight excluding hydrogens is 430 g/mol. The van der Waals surface area contributed by atoms with Crippen molar-refractivity contribution >= 4 is 44.1 Å². The number of carbonyl (C=O) groups excluding carboxylic acids is 2. The summed E-state index contributed by atoms with van der Waals surface area (Å²) in [6.07, 6.45) is 0.0437. The van der Waals surface area contributed by atoms with Crippen molar-refractivity contribution in [2.45, 2.75) is 24.3 Å². The minimum Gasteiger partial charge on any atom is -0.383 e. The van der Waals surface area contributed by atoms with Crippen molar-refractivity contribution in [2.24, 2.45) is 0 Å². The van der Waals surface area contributed by atoms with Gasteiger partial charge >= 0.3 is 6.03 Å². The number of rotatable bonds is 9. The minimum absolute atomic E-state index is 0.0437. The Balaban J connectivity index is 1.57. The van der Waals surface area contributed by atoms with Crippen LogP contribution in [0.2, 0.25) is 0 Å². The summed E-state index contributed by atoms with van der Waals surface area (Å²) < 4.78 is 32.1. The number of ether oxygens (including phenoxy) is 1. The van der Waals surface area contributed by atoms with Crippen molar-refractivity contribution in [1.82, 2.24) is 15.0 Å². The lowest BCUT2D eigenvalue weighted by Crippen LogP contribution is -2.35. The smallest absolute Gasteiger partial charge is 0.323 e. The summed E-state index contributed by atoms with van der Waals surface area (Å²) in [7, 11) is -2.18. The molecule has 1 aliphatic rings. The molecule has 3 N–H and O–H groups in total. The summed E-state index contributed by atoms with van der Waals surface area (Å²) in [6.45, 7) is 3.08. The van der Waals surface area contributed by atoms with Crippen molar-refractivity contribution in [3.63, 3.8) is 0 Å². The van der Waals surface area contributed by atoms with Gasteiger partial charge in [-0.05, 0) is 31.2 Å². The molecule has 3 amide bonds. The molecule has 1 unspecified atom stereocenters. The van der Waals surface area contributed by atoms with E-state index in [4.69, 9.17) is 4.74 Å². The van der Waals surface area contributed by atoms with E-state index in [1.54, 1.807) is 12.3 Å². The van der Waals surface area contributed by atoms with E-state index in [9.17, 15) is 18.0 Å². The molecule has 10 nitrogen and oxygen atoms in total. The highest BCUT2D eigenvalue weighted by molar-refractivity contribution is 7.89. The largest absolute Gasteiger partial charge is 0.383 e. The maximum atomic E-state index is 12.3. The molecule has 0 spiro atoms. The quantitative estimate of drug-likeness (QED) is 0.523. The van der Waals surface area contributed by atoms with Crippen LogP contribution in [0, 0.1) is 0 Å². The van der Waals surface area contributed by atoms with Crippen molar-refractivity contribution in [1.29, 1.82) is 0 Å². The highest BCUT2D eigenvalue weighted by atomic mass is 32.2. The molecule has 2 aromatic rings. The molecule has 1 aromatic carbocycles. The second-order valence-corrected chi connectivity index (χ2v) is 9.28. The van der Waals surface area contributed by atoms with Crippen molar-refractivity contribution in [2.75, 3.05) is 37.0 Å².